The minimum Gasteiger partial charge on any atom is -0.309 e. The fourth-order valence-corrected chi connectivity index (χ4v) is 16.3. The third kappa shape index (κ3) is 7.81. The summed E-state index contributed by atoms with van der Waals surface area (Å²) in [6.07, 6.45) is 0. The molecule has 16 aromatic carbocycles. The van der Waals surface area contributed by atoms with Gasteiger partial charge in [0, 0.05) is 22.5 Å². The summed E-state index contributed by atoms with van der Waals surface area (Å²) in [4.78, 5) is 5.09. The summed E-state index contributed by atoms with van der Waals surface area (Å²) in [6.45, 7) is 0. The molecule has 0 atom stereocenters. The molecule has 0 spiro atoms. The first-order valence-corrected chi connectivity index (χ1v) is 32.0. The van der Waals surface area contributed by atoms with E-state index in [-0.39, 0.29) is 0 Å². The predicted molar refractivity (Wildman–Crippen MR) is 386 cm³/mol. The Labute approximate surface area is 536 Å². The number of fused-ring (bicyclic) bond motifs is 9. The van der Waals surface area contributed by atoms with Crippen LogP contribution in [0.3, 0.4) is 0 Å². The third-order valence-electron chi connectivity index (χ3n) is 19.9. The van der Waals surface area contributed by atoms with Crippen molar-refractivity contribution in [2.75, 3.05) is 9.80 Å². The van der Waals surface area contributed by atoms with Crippen LogP contribution in [0, 0.1) is 0 Å². The molecule has 18 rings (SSSR count). The van der Waals surface area contributed by atoms with E-state index in [0.717, 1.165) is 56.4 Å². The van der Waals surface area contributed by atoms with Gasteiger partial charge in [0.2, 0.25) is 0 Å². The van der Waals surface area contributed by atoms with Crippen molar-refractivity contribution in [3.63, 3.8) is 0 Å². The summed E-state index contributed by atoms with van der Waals surface area (Å²) in [5.74, 6) is 0. The summed E-state index contributed by atoms with van der Waals surface area (Å²) in [7, 11) is 0. The van der Waals surface area contributed by atoms with Crippen molar-refractivity contribution in [3.8, 4) is 33.4 Å². The van der Waals surface area contributed by atoms with E-state index >= 15 is 0 Å². The molecule has 2 aliphatic heterocycles. The molecule has 16 aromatic rings. The molecule has 0 radical (unpaired) electrons. The highest BCUT2D eigenvalue weighted by Gasteiger charge is 2.49. The van der Waals surface area contributed by atoms with E-state index in [1.807, 2.05) is 0 Å². The van der Waals surface area contributed by atoms with Gasteiger partial charge in [0.05, 0.1) is 33.6 Å². The normalized spacial score (nSPS) is 13.6. The molecule has 0 bridgehead atoms. The first-order chi connectivity index (χ1) is 45.7. The first kappa shape index (κ1) is 53.2. The predicted octanol–water partition coefficient (Wildman–Crippen LogP) is 23.6. The molecule has 0 unspecified atom stereocenters. The number of hydrogen-bond acceptors (Lipinski definition) is 2. The lowest BCUT2D eigenvalue weighted by molar-refractivity contribution is 0.731. The molecule has 430 valence electrons. The quantitative estimate of drug-likeness (QED) is 0.105. The molecule has 2 heteroatoms. The molecule has 0 saturated carbocycles. The minimum absolute atomic E-state index is 0.695. The highest BCUT2D eigenvalue weighted by molar-refractivity contribution is 6.25. The van der Waals surface area contributed by atoms with Gasteiger partial charge in [-0.1, -0.05) is 315 Å². The summed E-state index contributed by atoms with van der Waals surface area (Å²) in [6, 6.07) is 136. The number of rotatable bonds is 9. The van der Waals surface area contributed by atoms with Gasteiger partial charge in [0.25, 0.3) is 0 Å². The van der Waals surface area contributed by atoms with Crippen molar-refractivity contribution in [1.29, 1.82) is 0 Å². The highest BCUT2D eigenvalue weighted by Crippen LogP contribution is 2.63. The summed E-state index contributed by atoms with van der Waals surface area (Å²) in [5, 5.41) is 9.62. The number of anilines is 6. The Morgan fingerprint density at radius 1 is 0.196 bits per heavy atom. The van der Waals surface area contributed by atoms with E-state index in [2.05, 4.69) is 374 Å². The second-order valence-electron chi connectivity index (χ2n) is 24.5. The average Bonchev–Trinajstić information content (AvgIpc) is 0.702. The van der Waals surface area contributed by atoms with Crippen LogP contribution in [0.2, 0.25) is 0 Å². The lowest BCUT2D eigenvalue weighted by Crippen LogP contribution is -2.38. The second kappa shape index (κ2) is 21.4. The molecule has 0 saturated heterocycles. The molecular formula is C90H60N2. The van der Waals surface area contributed by atoms with Crippen molar-refractivity contribution in [2.24, 2.45) is 0 Å². The Bertz CT molecular complexity index is 5150. The molecule has 2 nitrogen and oxygen atoms in total. The highest BCUT2D eigenvalue weighted by atomic mass is 15.2. The molecular weight excluding hydrogens is 1110 g/mol. The number of nitrogens with zero attached hydrogens (tertiary/aromatic N) is 2. The monoisotopic (exact) mass is 1170 g/mol. The van der Waals surface area contributed by atoms with Crippen LogP contribution in [0.1, 0.15) is 44.5 Å². The summed E-state index contributed by atoms with van der Waals surface area (Å²) >= 11 is 0. The van der Waals surface area contributed by atoms with Crippen LogP contribution in [0.4, 0.5) is 34.1 Å². The molecule has 92 heavy (non-hydrogen) atoms. The van der Waals surface area contributed by atoms with E-state index in [4.69, 9.17) is 0 Å². The smallest absolute Gasteiger partial charge is 0.0742 e. The Morgan fingerprint density at radius 3 is 0.967 bits per heavy atom. The third-order valence-corrected chi connectivity index (χ3v) is 19.9. The number of hydrogen-bond donors (Lipinski definition) is 0. The summed E-state index contributed by atoms with van der Waals surface area (Å²) < 4.78 is 0. The molecule has 0 N–H and O–H groups in total. The topological polar surface area (TPSA) is 6.48 Å². The van der Waals surface area contributed by atoms with Crippen molar-refractivity contribution in [1.82, 2.24) is 0 Å². The van der Waals surface area contributed by atoms with Gasteiger partial charge < -0.3 is 9.80 Å². The number of para-hydroxylation sites is 6. The van der Waals surface area contributed by atoms with E-state index in [9.17, 15) is 0 Å². The van der Waals surface area contributed by atoms with Gasteiger partial charge in [0.1, 0.15) is 0 Å². The van der Waals surface area contributed by atoms with Crippen molar-refractivity contribution in [3.05, 3.63) is 408 Å². The van der Waals surface area contributed by atoms with Crippen molar-refractivity contribution in [2.45, 2.75) is 10.8 Å². The van der Waals surface area contributed by atoms with E-state index in [1.54, 1.807) is 0 Å². The fraction of sp³-hybridized carbons (Fsp3) is 0.0222. The van der Waals surface area contributed by atoms with E-state index < -0.39 is 10.8 Å². The average molecular weight is 1170 g/mol. The lowest BCUT2D eigenvalue weighted by Gasteiger charge is -2.47. The lowest BCUT2D eigenvalue weighted by atomic mass is 9.62. The van der Waals surface area contributed by atoms with Gasteiger partial charge in [-0.3, -0.25) is 0 Å². The minimum atomic E-state index is -0.695. The van der Waals surface area contributed by atoms with Crippen molar-refractivity contribution < 1.29 is 0 Å². The van der Waals surface area contributed by atoms with Crippen LogP contribution in [0.15, 0.2) is 364 Å². The molecule has 0 aromatic heterocycles. The maximum absolute atomic E-state index is 2.55. The molecule has 2 aliphatic rings. The molecule has 0 aliphatic carbocycles. The Balaban J connectivity index is 1.00. The van der Waals surface area contributed by atoms with Gasteiger partial charge in [0.15, 0.2) is 0 Å². The second-order valence-corrected chi connectivity index (χ2v) is 24.5. The number of benzene rings is 16. The Morgan fingerprint density at radius 2 is 0.522 bits per heavy atom. The van der Waals surface area contributed by atoms with E-state index in [1.165, 1.54) is 98.7 Å². The molecule has 2 heterocycles. The standard InChI is InChI=1S/C90H60N2/c1-7-32-62(33-8-1)89(63-34-9-2-10-35-63)80-53-23-25-57-84(80)91(66-40-15-5-16-41-66)87-75(51-29-55-82(87)89)71-47-27-49-73-77(71)60-78-72(48-28-50-74(78)86(73)79-59-61-31-19-20-44-68(61)69-45-21-22-46-70(69)79)76-52-30-56-83-88(76)92(67-42-17-6-18-43-67)85-58-26-24-54-81(85)90(83,64-36-11-3-12-37-64)65-38-13-4-14-39-65/h1-60H. The van der Waals surface area contributed by atoms with Gasteiger partial charge in [-0.2, -0.15) is 0 Å². The van der Waals surface area contributed by atoms with E-state index in [0.29, 0.717) is 0 Å². The zero-order chi connectivity index (χ0) is 60.7. The van der Waals surface area contributed by atoms with Crippen LogP contribution in [0.5, 0.6) is 0 Å². The largest absolute Gasteiger partial charge is 0.309 e. The van der Waals surface area contributed by atoms with Gasteiger partial charge in [-0.25, -0.2) is 0 Å². The first-order valence-electron chi connectivity index (χ1n) is 32.0. The Kier molecular flexibility index (Phi) is 12.4. The van der Waals surface area contributed by atoms with Gasteiger partial charge in [-0.15, -0.1) is 0 Å². The van der Waals surface area contributed by atoms with Gasteiger partial charge >= 0.3 is 0 Å². The zero-order valence-electron chi connectivity index (χ0n) is 50.5. The van der Waals surface area contributed by atoms with Crippen LogP contribution in [0.25, 0.3) is 76.5 Å². The summed E-state index contributed by atoms with van der Waals surface area (Å²) in [5.41, 5.74) is 22.1. The Hall–Kier alpha value is -11.8. The van der Waals surface area contributed by atoms with Crippen LogP contribution >= 0.6 is 0 Å². The zero-order valence-corrected chi connectivity index (χ0v) is 50.5. The van der Waals surface area contributed by atoms with Crippen LogP contribution < -0.4 is 9.80 Å². The van der Waals surface area contributed by atoms with Gasteiger partial charge in [-0.05, 0) is 158 Å². The fourth-order valence-electron chi connectivity index (χ4n) is 16.3. The SMILES string of the molecule is c1ccc(N2c3ccccc3C(c3ccccc3)(c3ccccc3)c3cccc(-c4cccc5c(-c6cc7ccccc7c7ccccc67)c6cccc(-c7cccc8c7N(c7ccccc7)c7ccccc7C8(c7ccccc7)c7ccccc7)c6cc45)c32)cc1. The van der Waals surface area contributed by atoms with Crippen molar-refractivity contribution >= 4 is 77.2 Å². The molecule has 0 fully saturated rings. The maximum Gasteiger partial charge on any atom is 0.0742 e. The van der Waals surface area contributed by atoms with Crippen LogP contribution in [-0.4, -0.2) is 0 Å². The maximum atomic E-state index is 2.55. The molecule has 0 amide bonds. The van der Waals surface area contributed by atoms with Crippen LogP contribution in [-0.2, 0) is 10.8 Å².